The summed E-state index contributed by atoms with van der Waals surface area (Å²) in [6, 6.07) is 21.0. The quantitative estimate of drug-likeness (QED) is 0.268. The lowest BCUT2D eigenvalue weighted by atomic mass is 9.67. The van der Waals surface area contributed by atoms with Gasteiger partial charge in [-0.25, -0.2) is 9.78 Å². The van der Waals surface area contributed by atoms with Crippen molar-refractivity contribution in [3.05, 3.63) is 84.2 Å². The number of anilines is 1. The molecule has 7 nitrogen and oxygen atoms in total. The standard InChI is InChI=1S/C33H36N4O3/c38-32(39)28-9-8-26(19-29(28)40-27-18-25-10-15-34-31(25)35-20-27)36-16-11-23(12-17-36)21-37-22-33(13-4-5-14-33)30(37)24-6-2-1-3-7-24/h1-3,6-10,15,18-20,23,30H,4-5,11-14,16-17,21-22H2,(H,34,35)(H,38,39). The summed E-state index contributed by atoms with van der Waals surface area (Å²) in [5.74, 6) is 0.540. The average Bonchev–Trinajstić information content (AvgIpc) is 3.64. The van der Waals surface area contributed by atoms with Crippen LogP contribution in [0.25, 0.3) is 11.0 Å². The number of aromatic amines is 1. The van der Waals surface area contributed by atoms with E-state index >= 15 is 0 Å². The van der Waals surface area contributed by atoms with Gasteiger partial charge in [-0.2, -0.15) is 0 Å². The van der Waals surface area contributed by atoms with Gasteiger partial charge in [-0.3, -0.25) is 4.90 Å². The van der Waals surface area contributed by atoms with E-state index < -0.39 is 5.97 Å². The number of carbonyl (C=O) groups is 1. The van der Waals surface area contributed by atoms with Crippen molar-refractivity contribution in [3.63, 3.8) is 0 Å². The van der Waals surface area contributed by atoms with Crippen LogP contribution in [0, 0.1) is 11.3 Å². The van der Waals surface area contributed by atoms with E-state index in [9.17, 15) is 9.90 Å². The van der Waals surface area contributed by atoms with Crippen molar-refractivity contribution in [2.75, 3.05) is 31.1 Å². The fraction of sp³-hybridized carbons (Fsp3) is 0.394. The van der Waals surface area contributed by atoms with Gasteiger partial charge in [0.25, 0.3) is 0 Å². The average molecular weight is 537 g/mol. The largest absolute Gasteiger partial charge is 0.478 e. The Kier molecular flexibility index (Phi) is 6.47. The second kappa shape index (κ2) is 10.3. The molecule has 7 rings (SSSR count). The highest BCUT2D eigenvalue weighted by atomic mass is 16.5. The van der Waals surface area contributed by atoms with Gasteiger partial charge in [-0.05, 0) is 61.4 Å². The van der Waals surface area contributed by atoms with Gasteiger partial charge in [0.2, 0.25) is 0 Å². The van der Waals surface area contributed by atoms with Crippen molar-refractivity contribution in [1.82, 2.24) is 14.9 Å². The molecule has 0 bridgehead atoms. The first kappa shape index (κ1) is 25.1. The smallest absolute Gasteiger partial charge is 0.339 e. The first-order valence-electron chi connectivity index (χ1n) is 14.6. The molecule has 206 valence electrons. The SMILES string of the molecule is O=C(O)c1ccc(N2CCC(CN3CC4(CCCC4)C3c3ccccc3)CC2)cc1Oc1cnc2[nH]ccc2c1. The molecule has 2 saturated heterocycles. The number of H-pyrrole nitrogens is 1. The van der Waals surface area contributed by atoms with Crippen molar-refractivity contribution in [2.24, 2.45) is 11.3 Å². The number of hydrogen-bond acceptors (Lipinski definition) is 5. The number of ether oxygens (including phenoxy) is 1. The van der Waals surface area contributed by atoms with Crippen molar-refractivity contribution >= 4 is 22.7 Å². The van der Waals surface area contributed by atoms with Crippen molar-refractivity contribution < 1.29 is 14.6 Å². The van der Waals surface area contributed by atoms with Gasteiger partial charge in [0, 0.05) is 61.0 Å². The lowest BCUT2D eigenvalue weighted by molar-refractivity contribution is -0.0832. The number of nitrogens with zero attached hydrogens (tertiary/aromatic N) is 3. The highest BCUT2D eigenvalue weighted by Gasteiger charge is 2.54. The van der Waals surface area contributed by atoms with Crippen LogP contribution in [-0.4, -0.2) is 52.1 Å². The van der Waals surface area contributed by atoms with Crippen molar-refractivity contribution in [1.29, 1.82) is 0 Å². The molecule has 7 heteroatoms. The molecule has 0 radical (unpaired) electrons. The molecule has 3 fully saturated rings. The van der Waals surface area contributed by atoms with Crippen LogP contribution in [0.15, 0.2) is 73.1 Å². The maximum absolute atomic E-state index is 12.0. The molecule has 2 aromatic carbocycles. The summed E-state index contributed by atoms with van der Waals surface area (Å²) >= 11 is 0. The zero-order valence-corrected chi connectivity index (χ0v) is 22.8. The van der Waals surface area contributed by atoms with Crippen LogP contribution in [0.1, 0.15) is 60.5 Å². The van der Waals surface area contributed by atoms with Gasteiger partial charge in [-0.15, -0.1) is 0 Å². The molecule has 1 unspecified atom stereocenters. The zero-order valence-electron chi connectivity index (χ0n) is 22.8. The summed E-state index contributed by atoms with van der Waals surface area (Å²) in [7, 11) is 0. The van der Waals surface area contributed by atoms with E-state index in [4.69, 9.17) is 4.74 Å². The fourth-order valence-corrected chi connectivity index (χ4v) is 7.51. The Hall–Kier alpha value is -3.84. The number of aromatic carboxylic acids is 1. The van der Waals surface area contributed by atoms with E-state index in [1.807, 2.05) is 30.5 Å². The summed E-state index contributed by atoms with van der Waals surface area (Å²) in [5.41, 5.74) is 3.91. The third kappa shape index (κ3) is 4.62. The van der Waals surface area contributed by atoms with Gasteiger partial charge >= 0.3 is 5.97 Å². The van der Waals surface area contributed by atoms with Crippen LogP contribution < -0.4 is 9.64 Å². The number of rotatable bonds is 7. The Bertz CT molecular complexity index is 1500. The number of carboxylic acid groups (broad SMARTS) is 1. The zero-order chi connectivity index (χ0) is 27.1. The second-order valence-corrected chi connectivity index (χ2v) is 11.9. The second-order valence-electron chi connectivity index (χ2n) is 11.9. The van der Waals surface area contributed by atoms with E-state index in [1.165, 1.54) is 37.8 Å². The minimum atomic E-state index is -1.00. The fourth-order valence-electron chi connectivity index (χ4n) is 7.51. The molecule has 1 spiro atoms. The number of nitrogens with one attached hydrogen (secondary N) is 1. The van der Waals surface area contributed by atoms with Crippen LogP contribution in [0.3, 0.4) is 0 Å². The lowest BCUT2D eigenvalue weighted by Gasteiger charge is -2.58. The Labute approximate surface area is 234 Å². The van der Waals surface area contributed by atoms with Crippen LogP contribution >= 0.6 is 0 Å². The number of benzene rings is 2. The van der Waals surface area contributed by atoms with E-state index in [2.05, 4.69) is 50.1 Å². The molecule has 4 heterocycles. The minimum absolute atomic E-state index is 0.151. The van der Waals surface area contributed by atoms with Crippen molar-refractivity contribution in [2.45, 2.75) is 44.6 Å². The molecule has 2 aromatic heterocycles. The molecule has 2 aliphatic heterocycles. The van der Waals surface area contributed by atoms with Crippen LogP contribution in [0.4, 0.5) is 5.69 Å². The lowest BCUT2D eigenvalue weighted by Crippen LogP contribution is -2.58. The number of likely N-dealkylation sites (tertiary alicyclic amines) is 1. The number of aromatic nitrogens is 2. The molecule has 4 aromatic rings. The first-order valence-corrected chi connectivity index (χ1v) is 14.6. The number of carboxylic acids is 1. The Balaban J connectivity index is 1.03. The predicted molar refractivity (Wildman–Crippen MR) is 156 cm³/mol. The number of hydrogen-bond donors (Lipinski definition) is 2. The third-order valence-corrected chi connectivity index (χ3v) is 9.45. The Morgan fingerprint density at radius 1 is 1.05 bits per heavy atom. The van der Waals surface area contributed by atoms with E-state index in [0.717, 1.165) is 49.2 Å². The molecule has 1 atom stereocenters. The summed E-state index contributed by atoms with van der Waals surface area (Å²) in [5, 5.41) is 10.7. The van der Waals surface area contributed by atoms with Gasteiger partial charge in [-0.1, -0.05) is 43.2 Å². The highest BCUT2D eigenvalue weighted by Crippen LogP contribution is 2.58. The summed E-state index contributed by atoms with van der Waals surface area (Å²) in [6.45, 7) is 4.33. The molecule has 2 N–H and O–H groups in total. The predicted octanol–water partition coefficient (Wildman–Crippen LogP) is 6.89. The molecule has 40 heavy (non-hydrogen) atoms. The normalized spacial score (nSPS) is 21.1. The number of pyridine rings is 1. The number of piperidine rings is 1. The van der Waals surface area contributed by atoms with Crippen LogP contribution in [0.2, 0.25) is 0 Å². The minimum Gasteiger partial charge on any atom is -0.478 e. The summed E-state index contributed by atoms with van der Waals surface area (Å²) < 4.78 is 6.08. The maximum atomic E-state index is 12.0. The van der Waals surface area contributed by atoms with Crippen LogP contribution in [0.5, 0.6) is 11.5 Å². The van der Waals surface area contributed by atoms with E-state index in [1.54, 1.807) is 12.3 Å². The summed E-state index contributed by atoms with van der Waals surface area (Å²) in [6.07, 6.45) is 11.2. The van der Waals surface area contributed by atoms with Gasteiger partial charge in [0.15, 0.2) is 0 Å². The monoisotopic (exact) mass is 536 g/mol. The highest BCUT2D eigenvalue weighted by molar-refractivity contribution is 5.92. The molecular formula is C33H36N4O3. The third-order valence-electron chi connectivity index (χ3n) is 9.45. The van der Waals surface area contributed by atoms with Gasteiger partial charge in [0.05, 0.1) is 6.20 Å². The van der Waals surface area contributed by atoms with E-state index in [-0.39, 0.29) is 5.56 Å². The molecular weight excluding hydrogens is 500 g/mol. The summed E-state index contributed by atoms with van der Waals surface area (Å²) in [4.78, 5) is 24.5. The molecule has 1 saturated carbocycles. The molecule has 1 aliphatic carbocycles. The Morgan fingerprint density at radius 2 is 1.85 bits per heavy atom. The molecule has 3 aliphatic rings. The first-order chi connectivity index (χ1) is 19.6. The molecule has 0 amide bonds. The Morgan fingerprint density at radius 3 is 2.62 bits per heavy atom. The topological polar surface area (TPSA) is 81.7 Å². The van der Waals surface area contributed by atoms with Gasteiger partial charge in [0.1, 0.15) is 22.7 Å². The van der Waals surface area contributed by atoms with Crippen molar-refractivity contribution in [3.8, 4) is 11.5 Å². The van der Waals surface area contributed by atoms with Gasteiger partial charge < -0.3 is 19.7 Å². The van der Waals surface area contributed by atoms with Crippen LogP contribution in [-0.2, 0) is 0 Å². The maximum Gasteiger partial charge on any atom is 0.339 e. The van der Waals surface area contributed by atoms with E-state index in [0.29, 0.717) is 28.9 Å². The number of fused-ring (bicyclic) bond motifs is 1.